The highest BCUT2D eigenvalue weighted by Gasteiger charge is 2.53. The molecule has 3 fully saturated rings. The Morgan fingerprint density at radius 2 is 1.84 bits per heavy atom. The Bertz CT molecular complexity index is 591. The van der Waals surface area contributed by atoms with Crippen molar-refractivity contribution in [1.29, 1.82) is 0 Å². The van der Waals surface area contributed by atoms with E-state index in [4.69, 9.17) is 4.74 Å². The zero-order valence-electron chi connectivity index (χ0n) is 15.0. The minimum Gasteiger partial charge on any atom is -0.374 e. The Balaban J connectivity index is 0.00000182. The van der Waals surface area contributed by atoms with Gasteiger partial charge in [0.2, 0.25) is 0 Å². The molecular formula is C19H28IN3OS. The Morgan fingerprint density at radius 1 is 1.20 bits per heavy atom. The predicted octanol–water partition coefficient (Wildman–Crippen LogP) is 3.39. The Kier molecular flexibility index (Phi) is 6.55. The molecule has 1 aromatic rings. The second-order valence-corrected chi connectivity index (χ2v) is 8.33. The smallest absolute Gasteiger partial charge is 0.193 e. The van der Waals surface area contributed by atoms with Crippen LogP contribution in [0.25, 0.3) is 0 Å². The van der Waals surface area contributed by atoms with E-state index in [0.717, 1.165) is 43.2 Å². The van der Waals surface area contributed by atoms with Crippen LogP contribution in [0.1, 0.15) is 18.4 Å². The largest absolute Gasteiger partial charge is 0.374 e. The number of nitrogens with zero attached hydrogens (tertiary/aromatic N) is 2. The molecule has 3 heterocycles. The first kappa shape index (κ1) is 19.3. The summed E-state index contributed by atoms with van der Waals surface area (Å²) in [5.74, 6) is 3.57. The van der Waals surface area contributed by atoms with E-state index in [2.05, 4.69) is 46.4 Å². The molecule has 2 bridgehead atoms. The number of likely N-dealkylation sites (tertiary alicyclic amines) is 1. The van der Waals surface area contributed by atoms with Crippen molar-refractivity contribution >= 4 is 41.7 Å². The molecule has 4 nitrogen and oxygen atoms in total. The lowest BCUT2D eigenvalue weighted by atomic mass is 9.82. The molecule has 0 aliphatic carbocycles. The number of halogens is 1. The average molecular weight is 473 g/mol. The maximum atomic E-state index is 6.07. The maximum absolute atomic E-state index is 6.07. The average Bonchev–Trinajstić information content (AvgIpc) is 3.29. The maximum Gasteiger partial charge on any atom is 0.193 e. The Morgan fingerprint density at radius 3 is 2.44 bits per heavy atom. The molecule has 4 unspecified atom stereocenters. The lowest BCUT2D eigenvalue weighted by molar-refractivity contribution is 0.0767. The number of benzene rings is 1. The van der Waals surface area contributed by atoms with Crippen LogP contribution in [0.2, 0.25) is 0 Å². The lowest BCUT2D eigenvalue weighted by Crippen LogP contribution is -2.42. The lowest BCUT2D eigenvalue weighted by Gasteiger charge is -2.23. The fourth-order valence-electron chi connectivity index (χ4n) is 4.43. The Hall–Kier alpha value is -0.470. The molecule has 1 aromatic carbocycles. The van der Waals surface area contributed by atoms with Crippen LogP contribution < -0.4 is 5.32 Å². The molecule has 0 radical (unpaired) electrons. The van der Waals surface area contributed by atoms with Crippen LogP contribution in [-0.2, 0) is 4.74 Å². The van der Waals surface area contributed by atoms with Crippen molar-refractivity contribution in [3.63, 3.8) is 0 Å². The number of hydrogen-bond acceptors (Lipinski definition) is 3. The SMILES string of the molecule is CN=C(NCCSc1ccc(C)cc1)N1CC2C3CCC(O3)C2C1.I. The summed E-state index contributed by atoms with van der Waals surface area (Å²) in [6, 6.07) is 8.75. The predicted molar refractivity (Wildman–Crippen MR) is 115 cm³/mol. The monoisotopic (exact) mass is 473 g/mol. The number of aryl methyl sites for hydroxylation is 1. The summed E-state index contributed by atoms with van der Waals surface area (Å²) in [6.07, 6.45) is 3.55. The molecule has 4 atom stereocenters. The molecule has 3 aliphatic heterocycles. The third-order valence-electron chi connectivity index (χ3n) is 5.64. The van der Waals surface area contributed by atoms with E-state index in [1.54, 1.807) is 0 Å². The van der Waals surface area contributed by atoms with E-state index < -0.39 is 0 Å². The van der Waals surface area contributed by atoms with Crippen LogP contribution in [0.5, 0.6) is 0 Å². The van der Waals surface area contributed by atoms with Gasteiger partial charge in [0, 0.05) is 49.2 Å². The fraction of sp³-hybridized carbons (Fsp3) is 0.632. The first-order valence-electron chi connectivity index (χ1n) is 9.05. The van der Waals surface area contributed by atoms with Gasteiger partial charge in [0.1, 0.15) is 0 Å². The van der Waals surface area contributed by atoms with Crippen molar-refractivity contribution in [2.24, 2.45) is 16.8 Å². The minimum atomic E-state index is 0. The molecule has 4 rings (SSSR count). The van der Waals surface area contributed by atoms with Crippen LogP contribution in [0.15, 0.2) is 34.2 Å². The summed E-state index contributed by atoms with van der Waals surface area (Å²) in [7, 11) is 1.90. The summed E-state index contributed by atoms with van der Waals surface area (Å²) < 4.78 is 6.07. The van der Waals surface area contributed by atoms with E-state index in [9.17, 15) is 0 Å². The number of nitrogens with one attached hydrogen (secondary N) is 1. The first-order valence-corrected chi connectivity index (χ1v) is 10.0. The van der Waals surface area contributed by atoms with E-state index >= 15 is 0 Å². The second-order valence-electron chi connectivity index (χ2n) is 7.16. The number of fused-ring (bicyclic) bond motifs is 5. The molecule has 0 saturated carbocycles. The molecule has 0 aromatic heterocycles. The van der Waals surface area contributed by atoms with Crippen molar-refractivity contribution in [2.75, 3.05) is 32.4 Å². The summed E-state index contributed by atoms with van der Waals surface area (Å²) in [5.41, 5.74) is 1.32. The Labute approximate surface area is 172 Å². The van der Waals surface area contributed by atoms with Crippen LogP contribution in [-0.4, -0.2) is 55.5 Å². The summed E-state index contributed by atoms with van der Waals surface area (Å²) in [4.78, 5) is 8.28. The summed E-state index contributed by atoms with van der Waals surface area (Å²) in [5, 5.41) is 3.55. The van der Waals surface area contributed by atoms with Gasteiger partial charge in [0.05, 0.1) is 12.2 Å². The van der Waals surface area contributed by atoms with Crippen LogP contribution in [0.4, 0.5) is 0 Å². The molecule has 3 saturated heterocycles. The molecular weight excluding hydrogens is 445 g/mol. The van der Waals surface area contributed by atoms with Gasteiger partial charge >= 0.3 is 0 Å². The van der Waals surface area contributed by atoms with Crippen molar-refractivity contribution in [3.05, 3.63) is 29.8 Å². The van der Waals surface area contributed by atoms with Crippen LogP contribution >= 0.6 is 35.7 Å². The van der Waals surface area contributed by atoms with Gasteiger partial charge in [-0.3, -0.25) is 4.99 Å². The van der Waals surface area contributed by atoms with Gasteiger partial charge < -0.3 is 15.0 Å². The standard InChI is InChI=1S/C19H27N3OS.HI/c1-13-3-5-14(6-4-13)24-10-9-21-19(20-2)22-11-15-16(12-22)18-8-7-17(15)23-18;/h3-6,15-18H,7-12H2,1-2H3,(H,20,21);1H. The summed E-state index contributed by atoms with van der Waals surface area (Å²) >= 11 is 1.90. The number of guanidine groups is 1. The summed E-state index contributed by atoms with van der Waals surface area (Å²) in [6.45, 7) is 5.29. The van der Waals surface area contributed by atoms with Gasteiger partial charge in [0.15, 0.2) is 5.96 Å². The first-order chi connectivity index (χ1) is 11.7. The molecule has 0 amide bonds. The number of aliphatic imine (C=N–C) groups is 1. The number of thioether (sulfide) groups is 1. The molecule has 3 aliphatic rings. The van der Waals surface area contributed by atoms with Gasteiger partial charge in [-0.2, -0.15) is 0 Å². The fourth-order valence-corrected chi connectivity index (χ4v) is 5.20. The van der Waals surface area contributed by atoms with Crippen molar-refractivity contribution in [3.8, 4) is 0 Å². The minimum absolute atomic E-state index is 0. The number of ether oxygens (including phenoxy) is 1. The van der Waals surface area contributed by atoms with Gasteiger partial charge in [-0.1, -0.05) is 17.7 Å². The molecule has 0 spiro atoms. The van der Waals surface area contributed by atoms with Gasteiger partial charge in [0.25, 0.3) is 0 Å². The highest BCUT2D eigenvalue weighted by Crippen LogP contribution is 2.47. The van der Waals surface area contributed by atoms with E-state index in [1.807, 2.05) is 18.8 Å². The second kappa shape index (κ2) is 8.48. The van der Waals surface area contributed by atoms with Gasteiger partial charge in [-0.25, -0.2) is 0 Å². The molecule has 6 heteroatoms. The van der Waals surface area contributed by atoms with E-state index in [0.29, 0.717) is 12.2 Å². The van der Waals surface area contributed by atoms with Crippen molar-refractivity contribution < 1.29 is 4.74 Å². The van der Waals surface area contributed by atoms with Crippen LogP contribution in [0.3, 0.4) is 0 Å². The van der Waals surface area contributed by atoms with E-state index in [1.165, 1.54) is 23.3 Å². The normalized spacial score (nSPS) is 30.3. The molecule has 138 valence electrons. The van der Waals surface area contributed by atoms with Gasteiger partial charge in [-0.15, -0.1) is 35.7 Å². The third kappa shape index (κ3) is 4.11. The highest BCUT2D eigenvalue weighted by molar-refractivity contribution is 14.0. The highest BCUT2D eigenvalue weighted by atomic mass is 127. The third-order valence-corrected chi connectivity index (χ3v) is 6.65. The number of hydrogen-bond donors (Lipinski definition) is 1. The van der Waals surface area contributed by atoms with Crippen molar-refractivity contribution in [2.45, 2.75) is 36.9 Å². The number of rotatable bonds is 4. The molecule has 25 heavy (non-hydrogen) atoms. The topological polar surface area (TPSA) is 36.9 Å². The zero-order chi connectivity index (χ0) is 16.5. The van der Waals surface area contributed by atoms with Crippen molar-refractivity contribution in [1.82, 2.24) is 10.2 Å². The molecule has 1 N–H and O–H groups in total. The quantitative estimate of drug-likeness (QED) is 0.239. The van der Waals surface area contributed by atoms with Crippen LogP contribution in [0, 0.1) is 18.8 Å². The zero-order valence-corrected chi connectivity index (χ0v) is 18.1. The van der Waals surface area contributed by atoms with Gasteiger partial charge in [-0.05, 0) is 31.9 Å². The van der Waals surface area contributed by atoms with E-state index in [-0.39, 0.29) is 24.0 Å².